The highest BCUT2D eigenvalue weighted by Gasteiger charge is 2.19. The summed E-state index contributed by atoms with van der Waals surface area (Å²) in [7, 11) is 0. The summed E-state index contributed by atoms with van der Waals surface area (Å²) < 4.78 is 5.89. The van der Waals surface area contributed by atoms with Gasteiger partial charge in [0, 0.05) is 12.8 Å². The lowest BCUT2D eigenvalue weighted by Gasteiger charge is -2.15. The van der Waals surface area contributed by atoms with Gasteiger partial charge in [-0.15, -0.1) is 0 Å². The van der Waals surface area contributed by atoms with Gasteiger partial charge in [-0.25, -0.2) is 4.79 Å². The molecule has 4 N–H and O–H groups in total. The van der Waals surface area contributed by atoms with Crippen LogP contribution in [0.2, 0.25) is 0 Å². The van der Waals surface area contributed by atoms with Gasteiger partial charge < -0.3 is 20.9 Å². The maximum absolute atomic E-state index is 12.7. The number of allylic oxidation sites excluding steroid dienone is 5. The molecule has 0 bridgehead atoms. The van der Waals surface area contributed by atoms with Gasteiger partial charge in [-0.3, -0.25) is 9.59 Å². The molecule has 7 nitrogen and oxygen atoms in total. The fraction of sp³-hybridized carbons (Fsp3) is 0.780. The fourth-order valence-corrected chi connectivity index (χ4v) is 5.62. The summed E-state index contributed by atoms with van der Waals surface area (Å²) in [6.07, 6.45) is 40.6. The van der Waals surface area contributed by atoms with E-state index in [9.17, 15) is 19.5 Å². The molecule has 2 atom stereocenters. The lowest BCUT2D eigenvalue weighted by Crippen LogP contribution is -2.40. The Kier molecular flexibility index (Phi) is 34.1. The highest BCUT2D eigenvalue weighted by atomic mass is 16.5. The van der Waals surface area contributed by atoms with Crippen LogP contribution in [0, 0.1) is 0 Å². The minimum absolute atomic E-state index is 0.103. The van der Waals surface area contributed by atoms with Crippen LogP contribution in [0.5, 0.6) is 0 Å². The number of carboxylic acid groups (broad SMARTS) is 1. The van der Waals surface area contributed by atoms with Crippen molar-refractivity contribution in [3.05, 3.63) is 36.5 Å². The molecule has 2 unspecified atom stereocenters. The molecule has 0 aromatic carbocycles. The Bertz CT molecular complexity index is 854. The highest BCUT2D eigenvalue weighted by Crippen LogP contribution is 2.15. The predicted molar refractivity (Wildman–Crippen MR) is 202 cm³/mol. The van der Waals surface area contributed by atoms with Crippen molar-refractivity contribution in [1.29, 1.82) is 0 Å². The van der Waals surface area contributed by atoms with E-state index in [1.54, 1.807) is 0 Å². The smallest absolute Gasteiger partial charge is 0.326 e. The number of hydrogen-bond acceptors (Lipinski definition) is 5. The summed E-state index contributed by atoms with van der Waals surface area (Å²) in [5, 5.41) is 11.9. The summed E-state index contributed by atoms with van der Waals surface area (Å²) in [5.74, 6) is -1.35. The van der Waals surface area contributed by atoms with E-state index in [1.165, 1.54) is 77.0 Å². The first-order chi connectivity index (χ1) is 23.4. The zero-order valence-corrected chi connectivity index (χ0v) is 31.1. The number of rotatable bonds is 35. The predicted octanol–water partition coefficient (Wildman–Crippen LogP) is 10.7. The molecule has 0 saturated carbocycles. The van der Waals surface area contributed by atoms with E-state index in [0.717, 1.165) is 64.2 Å². The molecule has 0 aliphatic carbocycles. The van der Waals surface area contributed by atoms with Crippen molar-refractivity contribution in [1.82, 2.24) is 5.32 Å². The average Bonchev–Trinajstić information content (AvgIpc) is 3.07. The van der Waals surface area contributed by atoms with Crippen LogP contribution in [0.25, 0.3) is 0 Å². The fourth-order valence-electron chi connectivity index (χ4n) is 5.62. The first-order valence-electron chi connectivity index (χ1n) is 19.8. The minimum Gasteiger partial charge on any atom is -0.480 e. The van der Waals surface area contributed by atoms with Crippen molar-refractivity contribution in [3.63, 3.8) is 0 Å². The molecule has 0 rings (SSSR count). The van der Waals surface area contributed by atoms with Crippen molar-refractivity contribution in [2.24, 2.45) is 5.73 Å². The zero-order chi connectivity index (χ0) is 35.3. The largest absolute Gasteiger partial charge is 0.480 e. The van der Waals surface area contributed by atoms with Crippen LogP contribution in [-0.2, 0) is 19.1 Å². The van der Waals surface area contributed by atoms with Crippen LogP contribution in [-0.4, -0.2) is 41.6 Å². The van der Waals surface area contributed by atoms with Crippen LogP contribution in [0.15, 0.2) is 36.5 Å². The molecule has 0 aliphatic rings. The van der Waals surface area contributed by atoms with Crippen molar-refractivity contribution >= 4 is 17.8 Å². The lowest BCUT2D eigenvalue weighted by atomic mass is 10.1. The number of nitrogens with one attached hydrogen (secondary N) is 1. The second-order valence-electron chi connectivity index (χ2n) is 13.3. The maximum atomic E-state index is 12.7. The Morgan fingerprint density at radius 3 is 1.75 bits per heavy atom. The van der Waals surface area contributed by atoms with E-state index >= 15 is 0 Å². The van der Waals surface area contributed by atoms with Gasteiger partial charge >= 0.3 is 11.9 Å². The second-order valence-corrected chi connectivity index (χ2v) is 13.3. The highest BCUT2D eigenvalue weighted by molar-refractivity contribution is 5.83. The number of hydrogen-bond donors (Lipinski definition) is 3. The second kappa shape index (κ2) is 35.9. The molecule has 0 aromatic rings. The molecule has 0 spiro atoms. The molecule has 0 heterocycles. The number of aliphatic carboxylic acids is 1. The maximum Gasteiger partial charge on any atom is 0.326 e. The van der Waals surface area contributed by atoms with Gasteiger partial charge in [0.1, 0.15) is 12.1 Å². The first-order valence-corrected chi connectivity index (χ1v) is 19.8. The summed E-state index contributed by atoms with van der Waals surface area (Å²) in [5.41, 5.74) is 5.47. The molecule has 7 heteroatoms. The van der Waals surface area contributed by atoms with Crippen molar-refractivity contribution in [3.8, 4) is 0 Å². The number of ether oxygens (including phenoxy) is 1. The Morgan fingerprint density at radius 2 is 1.15 bits per heavy atom. The normalized spacial score (nSPS) is 13.1. The average molecular weight is 675 g/mol. The number of esters is 1. The van der Waals surface area contributed by atoms with Gasteiger partial charge in [0.05, 0.1) is 0 Å². The monoisotopic (exact) mass is 675 g/mol. The molecule has 1 amide bonds. The van der Waals surface area contributed by atoms with Crippen LogP contribution in [0.4, 0.5) is 0 Å². The molecule has 0 saturated heterocycles. The van der Waals surface area contributed by atoms with Crippen LogP contribution in [0.3, 0.4) is 0 Å². The molecular weight excluding hydrogens is 600 g/mol. The van der Waals surface area contributed by atoms with Crippen LogP contribution >= 0.6 is 0 Å². The third-order valence-corrected chi connectivity index (χ3v) is 8.66. The topological polar surface area (TPSA) is 119 Å². The summed E-state index contributed by atoms with van der Waals surface area (Å²) in [6, 6.07) is -0.871. The molecule has 0 fully saturated rings. The van der Waals surface area contributed by atoms with Gasteiger partial charge in [-0.1, -0.05) is 121 Å². The third kappa shape index (κ3) is 32.2. The van der Waals surface area contributed by atoms with E-state index in [-0.39, 0.29) is 18.0 Å². The Hall–Kier alpha value is -2.41. The van der Waals surface area contributed by atoms with Crippen LogP contribution < -0.4 is 11.1 Å². The number of carbonyl (C=O) groups is 3. The number of carbonyl (C=O) groups excluding carboxylic acids is 2. The lowest BCUT2D eigenvalue weighted by molar-refractivity contribution is -0.147. The van der Waals surface area contributed by atoms with Crippen LogP contribution in [0.1, 0.15) is 187 Å². The molecule has 48 heavy (non-hydrogen) atoms. The van der Waals surface area contributed by atoms with Gasteiger partial charge in [-0.2, -0.15) is 0 Å². The Morgan fingerprint density at radius 1 is 0.625 bits per heavy atom. The van der Waals surface area contributed by atoms with E-state index in [4.69, 9.17) is 10.5 Å². The molecule has 0 aliphatic heterocycles. The van der Waals surface area contributed by atoms with Crippen molar-refractivity contribution in [2.75, 3.05) is 6.54 Å². The molecular formula is C41H74N2O5. The standard InChI is InChI=1S/C41H74N2O5/c1-3-5-7-9-11-12-13-14-15-16-17-18-19-21-23-29-35-40(45)48-37(31-26-22-20-10-8-6-4-2)32-27-24-25-28-34-39(44)43-38(41(46)47)33-30-36-42/h12-13,15-16,26,31,37-38H,3-11,14,17-25,27-30,32-36,42H2,1-2H3,(H,43,44)(H,46,47)/b13-12-,16-15-,31-26-. The van der Waals surface area contributed by atoms with Gasteiger partial charge in [0.2, 0.25) is 5.91 Å². The van der Waals surface area contributed by atoms with E-state index in [1.807, 2.05) is 0 Å². The van der Waals surface area contributed by atoms with E-state index in [0.29, 0.717) is 38.6 Å². The van der Waals surface area contributed by atoms with Gasteiger partial charge in [-0.05, 0) is 96.1 Å². The Balaban J connectivity index is 4.28. The number of carboxylic acids is 1. The van der Waals surface area contributed by atoms with Crippen molar-refractivity contribution < 1.29 is 24.2 Å². The number of amides is 1. The van der Waals surface area contributed by atoms with E-state index in [2.05, 4.69) is 55.6 Å². The number of unbranched alkanes of at least 4 members (excludes halogenated alkanes) is 17. The SMILES string of the molecule is CCCCCC/C=C\C/C=C\CCCCCCCC(=O)OC(/C=C\CCCCCCC)CCCCCCC(=O)NC(CCCN)C(=O)O. The summed E-state index contributed by atoms with van der Waals surface area (Å²) in [6.45, 7) is 4.88. The molecule has 0 aromatic heterocycles. The minimum atomic E-state index is -1.02. The van der Waals surface area contributed by atoms with Crippen molar-refractivity contribution in [2.45, 2.75) is 199 Å². The third-order valence-electron chi connectivity index (χ3n) is 8.66. The number of nitrogens with two attached hydrogens (primary N) is 1. The Labute approximate surface area is 295 Å². The summed E-state index contributed by atoms with van der Waals surface area (Å²) in [4.78, 5) is 36.2. The quantitative estimate of drug-likeness (QED) is 0.0350. The molecule has 0 radical (unpaired) electrons. The van der Waals surface area contributed by atoms with Gasteiger partial charge in [0.15, 0.2) is 0 Å². The molecule has 278 valence electrons. The first kappa shape index (κ1) is 45.6. The van der Waals surface area contributed by atoms with E-state index < -0.39 is 12.0 Å². The van der Waals surface area contributed by atoms with Gasteiger partial charge in [0.25, 0.3) is 0 Å². The zero-order valence-electron chi connectivity index (χ0n) is 31.1. The summed E-state index contributed by atoms with van der Waals surface area (Å²) >= 11 is 0.